The quantitative estimate of drug-likeness (QED) is 0.658. The van der Waals surface area contributed by atoms with Crippen LogP contribution >= 0.6 is 0 Å². The maximum atomic E-state index is 12.6. The Morgan fingerprint density at radius 3 is 2.24 bits per heavy atom. The van der Waals surface area contributed by atoms with Gasteiger partial charge in [-0.3, -0.25) is 4.79 Å². The molecule has 3 aromatic carbocycles. The third-order valence-electron chi connectivity index (χ3n) is 4.23. The van der Waals surface area contributed by atoms with Crippen molar-refractivity contribution in [2.45, 2.75) is 11.8 Å². The smallest absolute Gasteiger partial charge is 0.264 e. The normalized spacial score (nSPS) is 11.5. The van der Waals surface area contributed by atoms with Gasteiger partial charge in [0.15, 0.2) is 0 Å². The summed E-state index contributed by atoms with van der Waals surface area (Å²) < 4.78 is 27.1. The summed E-state index contributed by atoms with van der Waals surface area (Å²) in [5.74, 6) is -0.771. The second kappa shape index (κ2) is 8.55. The lowest BCUT2D eigenvalue weighted by Gasteiger charge is -2.10. The maximum absolute atomic E-state index is 12.6. The molecule has 0 radical (unpaired) electrons. The first-order valence-electron chi connectivity index (χ1n) is 8.80. The van der Waals surface area contributed by atoms with Crippen molar-refractivity contribution < 1.29 is 13.2 Å². The van der Waals surface area contributed by atoms with Gasteiger partial charge in [-0.2, -0.15) is 5.26 Å². The molecule has 0 spiro atoms. The molecule has 6 heteroatoms. The first-order valence-corrected chi connectivity index (χ1v) is 10.3. The van der Waals surface area contributed by atoms with Crippen LogP contribution in [-0.2, 0) is 14.8 Å². The van der Waals surface area contributed by atoms with Gasteiger partial charge in [-0.1, -0.05) is 60.2 Å². The average molecular weight is 402 g/mol. The summed E-state index contributed by atoms with van der Waals surface area (Å²) in [5, 5.41) is 9.17. The van der Waals surface area contributed by atoms with E-state index < -0.39 is 15.9 Å². The molecule has 0 bridgehead atoms. The van der Waals surface area contributed by atoms with Crippen LogP contribution in [0.2, 0.25) is 0 Å². The number of benzene rings is 3. The van der Waals surface area contributed by atoms with Crippen LogP contribution in [0.5, 0.6) is 0 Å². The number of hydrogen-bond donors (Lipinski definition) is 1. The number of rotatable bonds is 5. The van der Waals surface area contributed by atoms with Crippen molar-refractivity contribution in [3.8, 4) is 6.07 Å². The predicted octanol–water partition coefficient (Wildman–Crippen LogP) is 3.80. The topological polar surface area (TPSA) is 87.0 Å². The van der Waals surface area contributed by atoms with E-state index in [1.165, 1.54) is 18.2 Å². The Balaban J connectivity index is 1.98. The molecule has 3 aromatic rings. The van der Waals surface area contributed by atoms with E-state index in [1.54, 1.807) is 36.4 Å². The molecule has 0 aliphatic carbocycles. The molecular formula is C23H18N2O3S. The third-order valence-corrected chi connectivity index (χ3v) is 5.59. The molecule has 144 valence electrons. The summed E-state index contributed by atoms with van der Waals surface area (Å²) in [6, 6.07) is 24.2. The number of carbonyl (C=O) groups is 1. The van der Waals surface area contributed by atoms with Gasteiger partial charge >= 0.3 is 0 Å². The fourth-order valence-corrected chi connectivity index (χ4v) is 3.71. The molecule has 0 unspecified atom stereocenters. The van der Waals surface area contributed by atoms with Crippen LogP contribution in [0.25, 0.3) is 5.57 Å². The summed E-state index contributed by atoms with van der Waals surface area (Å²) in [6.07, 6.45) is 1.23. The highest BCUT2D eigenvalue weighted by molar-refractivity contribution is 7.90. The monoisotopic (exact) mass is 402 g/mol. The molecule has 0 aliphatic rings. The predicted molar refractivity (Wildman–Crippen MR) is 111 cm³/mol. The molecule has 0 fully saturated rings. The number of sulfonamides is 1. The van der Waals surface area contributed by atoms with E-state index in [1.807, 2.05) is 37.3 Å². The lowest BCUT2D eigenvalue weighted by Crippen LogP contribution is -2.29. The number of nitriles is 1. The van der Waals surface area contributed by atoms with Gasteiger partial charge in [-0.25, -0.2) is 13.1 Å². The van der Waals surface area contributed by atoms with Crippen LogP contribution in [-0.4, -0.2) is 14.3 Å². The number of carbonyl (C=O) groups excluding carboxylic acids is 1. The number of nitrogens with zero attached hydrogens (tertiary/aromatic N) is 1. The van der Waals surface area contributed by atoms with Gasteiger partial charge in [0.2, 0.25) is 0 Å². The van der Waals surface area contributed by atoms with Crippen molar-refractivity contribution in [3.05, 3.63) is 107 Å². The third kappa shape index (κ3) is 4.98. The highest BCUT2D eigenvalue weighted by atomic mass is 32.2. The van der Waals surface area contributed by atoms with Crippen LogP contribution in [0.3, 0.4) is 0 Å². The van der Waals surface area contributed by atoms with Crippen LogP contribution < -0.4 is 4.72 Å². The summed E-state index contributed by atoms with van der Waals surface area (Å²) in [5.41, 5.74) is 3.24. The fraction of sp³-hybridized carbons (Fsp3) is 0.0435. The molecule has 0 atom stereocenters. The fourth-order valence-electron chi connectivity index (χ4n) is 2.78. The van der Waals surface area contributed by atoms with E-state index in [-0.39, 0.29) is 4.90 Å². The van der Waals surface area contributed by atoms with E-state index in [2.05, 4.69) is 10.8 Å². The van der Waals surface area contributed by atoms with Crippen LogP contribution in [0.15, 0.2) is 89.8 Å². The summed E-state index contributed by atoms with van der Waals surface area (Å²) >= 11 is 0. The van der Waals surface area contributed by atoms with E-state index in [9.17, 15) is 13.2 Å². The first kappa shape index (κ1) is 20.1. The van der Waals surface area contributed by atoms with Crippen LogP contribution in [0, 0.1) is 18.3 Å². The molecule has 1 N–H and O–H groups in total. The second-order valence-electron chi connectivity index (χ2n) is 6.40. The Morgan fingerprint density at radius 1 is 0.931 bits per heavy atom. The minimum Gasteiger partial charge on any atom is -0.269 e. The van der Waals surface area contributed by atoms with E-state index in [0.717, 1.165) is 11.1 Å². The average Bonchev–Trinajstić information content (AvgIpc) is 2.72. The Morgan fingerprint density at radius 2 is 1.59 bits per heavy atom. The van der Waals surface area contributed by atoms with Gasteiger partial charge in [0.25, 0.3) is 15.9 Å². The van der Waals surface area contributed by atoms with Gasteiger partial charge in [0.1, 0.15) is 0 Å². The van der Waals surface area contributed by atoms with Crippen molar-refractivity contribution in [1.82, 2.24) is 4.72 Å². The zero-order valence-corrected chi connectivity index (χ0v) is 16.5. The van der Waals surface area contributed by atoms with E-state index in [4.69, 9.17) is 5.26 Å². The summed E-state index contributed by atoms with van der Waals surface area (Å²) in [7, 11) is -4.00. The highest BCUT2D eigenvalue weighted by Gasteiger charge is 2.17. The van der Waals surface area contributed by atoms with E-state index in [0.29, 0.717) is 16.7 Å². The molecule has 29 heavy (non-hydrogen) atoms. The van der Waals surface area contributed by atoms with Gasteiger partial charge < -0.3 is 0 Å². The van der Waals surface area contributed by atoms with Gasteiger partial charge in [0, 0.05) is 6.08 Å². The van der Waals surface area contributed by atoms with Gasteiger partial charge in [-0.05, 0) is 47.9 Å². The Kier molecular flexibility index (Phi) is 5.91. The molecule has 0 aromatic heterocycles. The molecule has 1 amide bonds. The SMILES string of the molecule is Cc1ccc(S(=O)(=O)NC(=O)/C=C(\c2ccccc2)c2cccc(C#N)c2)cc1. The minimum absolute atomic E-state index is 0.0117. The van der Waals surface area contributed by atoms with Crippen LogP contribution in [0.4, 0.5) is 0 Å². The van der Waals surface area contributed by atoms with Crippen molar-refractivity contribution >= 4 is 21.5 Å². The summed E-state index contributed by atoms with van der Waals surface area (Å²) in [4.78, 5) is 12.6. The summed E-state index contributed by atoms with van der Waals surface area (Å²) in [6.45, 7) is 1.85. The molecule has 0 saturated carbocycles. The molecule has 0 saturated heterocycles. The number of aryl methyl sites for hydroxylation is 1. The maximum Gasteiger partial charge on any atom is 0.264 e. The lowest BCUT2D eigenvalue weighted by atomic mass is 9.96. The highest BCUT2D eigenvalue weighted by Crippen LogP contribution is 2.24. The number of amides is 1. The van der Waals surface area contributed by atoms with Crippen molar-refractivity contribution in [3.63, 3.8) is 0 Å². The number of nitrogens with one attached hydrogen (secondary N) is 1. The van der Waals surface area contributed by atoms with Gasteiger partial charge in [-0.15, -0.1) is 0 Å². The second-order valence-corrected chi connectivity index (χ2v) is 8.08. The zero-order valence-electron chi connectivity index (χ0n) is 15.7. The molecular weight excluding hydrogens is 384 g/mol. The Bertz CT molecular complexity index is 1210. The Labute approximate surface area is 170 Å². The zero-order chi connectivity index (χ0) is 20.9. The lowest BCUT2D eigenvalue weighted by molar-refractivity contribution is -0.114. The largest absolute Gasteiger partial charge is 0.269 e. The minimum atomic E-state index is -4.00. The van der Waals surface area contributed by atoms with Crippen molar-refractivity contribution in [1.29, 1.82) is 5.26 Å². The number of hydrogen-bond acceptors (Lipinski definition) is 4. The molecule has 0 aliphatic heterocycles. The van der Waals surface area contributed by atoms with Gasteiger partial charge in [0.05, 0.1) is 16.5 Å². The molecule has 5 nitrogen and oxygen atoms in total. The Hall–Kier alpha value is -3.69. The van der Waals surface area contributed by atoms with Crippen LogP contribution in [0.1, 0.15) is 22.3 Å². The van der Waals surface area contributed by atoms with E-state index >= 15 is 0 Å². The van der Waals surface area contributed by atoms with Crippen molar-refractivity contribution in [2.24, 2.45) is 0 Å². The van der Waals surface area contributed by atoms with Crippen molar-refractivity contribution in [2.75, 3.05) is 0 Å². The molecule has 0 heterocycles. The standard InChI is InChI=1S/C23H18N2O3S/c1-17-10-12-21(13-11-17)29(27,28)25-23(26)15-22(19-7-3-2-4-8-19)20-9-5-6-18(14-20)16-24/h2-15H,1H3,(H,25,26)/b22-15+. The molecule has 3 rings (SSSR count). The first-order chi connectivity index (χ1) is 13.9.